The normalized spacial score (nSPS) is 10.2. The maximum Gasteiger partial charge on any atom is 0.125 e. The van der Waals surface area contributed by atoms with Crippen LogP contribution in [0.4, 0.5) is 4.39 Å². The third-order valence-corrected chi connectivity index (χ3v) is 2.00. The van der Waals surface area contributed by atoms with Crippen molar-refractivity contribution in [3.05, 3.63) is 48.0 Å². The topological polar surface area (TPSA) is 67.7 Å². The predicted octanol–water partition coefficient (Wildman–Crippen LogP) is 1.30. The van der Waals surface area contributed by atoms with Crippen LogP contribution in [0.3, 0.4) is 0 Å². The molecule has 76 valence electrons. The summed E-state index contributed by atoms with van der Waals surface area (Å²) in [5.74, 6) is -0.601. The Labute approximate surface area is 85.7 Å². The predicted molar refractivity (Wildman–Crippen MR) is 54.5 cm³/mol. The highest BCUT2D eigenvalue weighted by Crippen LogP contribution is 2.14. The number of halogens is 1. The van der Waals surface area contributed by atoms with Gasteiger partial charge in [-0.05, 0) is 24.3 Å². The zero-order valence-corrected chi connectivity index (χ0v) is 7.81. The van der Waals surface area contributed by atoms with Gasteiger partial charge in [0.05, 0.1) is 5.69 Å². The van der Waals surface area contributed by atoms with Crippen molar-refractivity contribution in [3.8, 4) is 5.69 Å². The molecule has 2 aromatic rings. The van der Waals surface area contributed by atoms with Gasteiger partial charge < -0.3 is 5.73 Å². The molecule has 0 saturated carbocycles. The first-order valence-corrected chi connectivity index (χ1v) is 4.32. The van der Waals surface area contributed by atoms with Crippen molar-refractivity contribution in [2.75, 3.05) is 0 Å². The number of aromatic nitrogens is 2. The Hall–Kier alpha value is -2.17. The summed E-state index contributed by atoms with van der Waals surface area (Å²) in [5, 5.41) is 11.3. The molecule has 0 radical (unpaired) electrons. The molecule has 0 amide bonds. The van der Waals surface area contributed by atoms with Crippen LogP contribution in [-0.4, -0.2) is 15.6 Å². The lowest BCUT2D eigenvalue weighted by Gasteiger charge is -2.07. The number of nitrogens with zero attached hydrogens (tertiary/aromatic N) is 2. The van der Waals surface area contributed by atoms with Crippen molar-refractivity contribution >= 4 is 5.84 Å². The molecule has 0 fully saturated rings. The molecule has 0 aliphatic carbocycles. The van der Waals surface area contributed by atoms with Crippen molar-refractivity contribution in [2.45, 2.75) is 0 Å². The fourth-order valence-corrected chi connectivity index (χ4v) is 1.34. The molecule has 0 atom stereocenters. The van der Waals surface area contributed by atoms with E-state index in [1.807, 2.05) is 0 Å². The van der Waals surface area contributed by atoms with Gasteiger partial charge in [0.25, 0.3) is 0 Å². The lowest BCUT2D eigenvalue weighted by molar-refractivity contribution is 0.626. The van der Waals surface area contributed by atoms with Crippen molar-refractivity contribution < 1.29 is 4.39 Å². The fraction of sp³-hybridized carbons (Fsp3) is 0. The second kappa shape index (κ2) is 3.53. The van der Waals surface area contributed by atoms with Gasteiger partial charge in [-0.1, -0.05) is 0 Å². The summed E-state index contributed by atoms with van der Waals surface area (Å²) in [7, 11) is 0. The van der Waals surface area contributed by atoms with Crippen molar-refractivity contribution in [2.24, 2.45) is 5.73 Å². The van der Waals surface area contributed by atoms with E-state index in [9.17, 15) is 4.39 Å². The van der Waals surface area contributed by atoms with Crippen LogP contribution in [-0.2, 0) is 0 Å². The van der Waals surface area contributed by atoms with E-state index in [0.717, 1.165) is 0 Å². The molecule has 0 unspecified atom stereocenters. The summed E-state index contributed by atoms with van der Waals surface area (Å²) >= 11 is 0. The van der Waals surface area contributed by atoms with E-state index < -0.39 is 5.82 Å². The van der Waals surface area contributed by atoms with Crippen molar-refractivity contribution in [3.63, 3.8) is 0 Å². The highest BCUT2D eigenvalue weighted by atomic mass is 19.1. The summed E-state index contributed by atoms with van der Waals surface area (Å²) in [5.41, 5.74) is 6.29. The van der Waals surface area contributed by atoms with Crippen LogP contribution < -0.4 is 5.73 Å². The molecule has 0 bridgehead atoms. The minimum Gasteiger partial charge on any atom is -0.384 e. The van der Waals surface area contributed by atoms with E-state index in [1.165, 1.54) is 16.8 Å². The summed E-state index contributed by atoms with van der Waals surface area (Å²) in [6.45, 7) is 0. The average molecular weight is 204 g/mol. The van der Waals surface area contributed by atoms with E-state index >= 15 is 0 Å². The molecule has 15 heavy (non-hydrogen) atoms. The number of hydrogen-bond donors (Lipinski definition) is 2. The molecule has 4 nitrogen and oxygen atoms in total. The molecule has 3 N–H and O–H groups in total. The Balaban J connectivity index is 2.61. The standard InChI is InChI=1S/C10H9FN4/c11-7-2-3-9(8(6-7)10(12)13)15-5-1-4-14-15/h1-6H,(H3,12,13). The molecule has 1 heterocycles. The second-order valence-corrected chi connectivity index (χ2v) is 3.03. The molecule has 5 heteroatoms. The number of hydrogen-bond acceptors (Lipinski definition) is 2. The zero-order chi connectivity index (χ0) is 10.8. The van der Waals surface area contributed by atoms with Gasteiger partial charge in [0, 0.05) is 18.0 Å². The van der Waals surface area contributed by atoms with Crippen LogP contribution in [0.2, 0.25) is 0 Å². The Morgan fingerprint density at radius 1 is 1.47 bits per heavy atom. The van der Waals surface area contributed by atoms with E-state index in [-0.39, 0.29) is 5.84 Å². The lowest BCUT2D eigenvalue weighted by atomic mass is 10.1. The van der Waals surface area contributed by atoms with Gasteiger partial charge >= 0.3 is 0 Å². The first-order valence-electron chi connectivity index (χ1n) is 4.32. The Morgan fingerprint density at radius 3 is 2.87 bits per heavy atom. The maximum atomic E-state index is 13.0. The molecular formula is C10H9FN4. The number of rotatable bonds is 2. The Bertz CT molecular complexity index is 490. The van der Waals surface area contributed by atoms with Gasteiger partial charge in [0.2, 0.25) is 0 Å². The molecular weight excluding hydrogens is 195 g/mol. The Morgan fingerprint density at radius 2 is 2.27 bits per heavy atom. The summed E-state index contributed by atoms with van der Waals surface area (Å²) in [4.78, 5) is 0. The first-order chi connectivity index (χ1) is 7.18. The third-order valence-electron chi connectivity index (χ3n) is 2.00. The van der Waals surface area contributed by atoms with Crippen molar-refractivity contribution in [1.82, 2.24) is 9.78 Å². The smallest absolute Gasteiger partial charge is 0.125 e. The van der Waals surface area contributed by atoms with Gasteiger partial charge in [-0.15, -0.1) is 0 Å². The number of benzene rings is 1. The molecule has 1 aromatic carbocycles. The molecule has 2 rings (SSSR count). The minimum atomic E-state index is -0.420. The van der Waals surface area contributed by atoms with E-state index in [0.29, 0.717) is 11.3 Å². The molecule has 1 aromatic heterocycles. The van der Waals surface area contributed by atoms with Crippen molar-refractivity contribution in [1.29, 1.82) is 5.41 Å². The van der Waals surface area contributed by atoms with Crippen LogP contribution in [0.1, 0.15) is 5.56 Å². The number of nitrogen functional groups attached to an aromatic ring is 1. The van der Waals surface area contributed by atoms with Crippen LogP contribution in [0, 0.1) is 11.2 Å². The molecule has 0 aliphatic rings. The maximum absolute atomic E-state index is 13.0. The fourth-order valence-electron chi connectivity index (χ4n) is 1.34. The van der Waals surface area contributed by atoms with Gasteiger partial charge in [-0.25, -0.2) is 9.07 Å². The summed E-state index contributed by atoms with van der Waals surface area (Å²) in [6.07, 6.45) is 3.31. The van der Waals surface area contributed by atoms with E-state index in [4.69, 9.17) is 11.1 Å². The largest absolute Gasteiger partial charge is 0.384 e. The highest BCUT2D eigenvalue weighted by molar-refractivity contribution is 5.98. The number of nitrogens with two attached hydrogens (primary N) is 1. The van der Waals surface area contributed by atoms with Gasteiger partial charge in [-0.2, -0.15) is 5.10 Å². The average Bonchev–Trinajstić information content (AvgIpc) is 2.70. The van der Waals surface area contributed by atoms with Gasteiger partial charge in [0.15, 0.2) is 0 Å². The van der Waals surface area contributed by atoms with E-state index in [2.05, 4.69) is 5.10 Å². The van der Waals surface area contributed by atoms with E-state index in [1.54, 1.807) is 24.5 Å². The highest BCUT2D eigenvalue weighted by Gasteiger charge is 2.08. The monoisotopic (exact) mass is 204 g/mol. The molecule has 0 aliphatic heterocycles. The molecule has 0 saturated heterocycles. The third kappa shape index (κ3) is 1.71. The first kappa shape index (κ1) is 9.39. The number of amidine groups is 1. The summed E-state index contributed by atoms with van der Waals surface area (Å²) in [6, 6.07) is 5.81. The number of nitrogens with one attached hydrogen (secondary N) is 1. The lowest BCUT2D eigenvalue weighted by Crippen LogP contribution is -2.15. The van der Waals surface area contributed by atoms with Crippen LogP contribution >= 0.6 is 0 Å². The summed E-state index contributed by atoms with van der Waals surface area (Å²) < 4.78 is 14.5. The zero-order valence-electron chi connectivity index (χ0n) is 7.81. The SMILES string of the molecule is N=C(N)c1cc(F)ccc1-n1cccn1. The molecule has 0 spiro atoms. The van der Waals surface area contributed by atoms with Crippen LogP contribution in [0.5, 0.6) is 0 Å². The van der Waals surface area contributed by atoms with Gasteiger partial charge in [0.1, 0.15) is 11.7 Å². The Kier molecular flexibility index (Phi) is 2.21. The minimum absolute atomic E-state index is 0.181. The quantitative estimate of drug-likeness (QED) is 0.571. The van der Waals surface area contributed by atoms with Crippen LogP contribution in [0.25, 0.3) is 5.69 Å². The second-order valence-electron chi connectivity index (χ2n) is 3.03. The van der Waals surface area contributed by atoms with Crippen LogP contribution in [0.15, 0.2) is 36.7 Å². The van der Waals surface area contributed by atoms with Gasteiger partial charge in [-0.3, -0.25) is 5.41 Å².